The highest BCUT2D eigenvalue weighted by Gasteiger charge is 2.65. The molecule has 11 nitrogen and oxygen atoms in total. The van der Waals surface area contributed by atoms with Crippen LogP contribution in [0.5, 0.6) is 5.75 Å². The molecule has 0 radical (unpaired) electrons. The van der Waals surface area contributed by atoms with Crippen molar-refractivity contribution in [1.82, 2.24) is 15.0 Å². The minimum atomic E-state index is -1.30. The molecule has 52 heavy (non-hydrogen) atoms. The first-order chi connectivity index (χ1) is 25.1. The molecule has 4 heterocycles. The fourth-order valence-electron chi connectivity index (χ4n) is 8.39. The van der Waals surface area contributed by atoms with Crippen molar-refractivity contribution in [3.63, 3.8) is 0 Å². The van der Waals surface area contributed by atoms with Crippen LogP contribution in [-0.4, -0.2) is 55.3 Å². The number of para-hydroxylation sites is 3. The zero-order valence-electron chi connectivity index (χ0n) is 29.3. The molecule has 0 aliphatic carbocycles. The Morgan fingerprint density at radius 1 is 0.923 bits per heavy atom. The molecule has 1 saturated heterocycles. The summed E-state index contributed by atoms with van der Waals surface area (Å²) in [6.07, 6.45) is 0.804. The highest BCUT2D eigenvalue weighted by atomic mass is 16.5. The molecule has 1 aromatic heterocycles. The Bertz CT molecular complexity index is 2110. The monoisotopic (exact) mass is 699 g/mol. The fourth-order valence-corrected chi connectivity index (χ4v) is 8.39. The average molecular weight is 700 g/mol. The molecule has 1 fully saturated rings. The summed E-state index contributed by atoms with van der Waals surface area (Å²) in [6, 6.07) is 32.1. The second kappa shape index (κ2) is 13.0. The van der Waals surface area contributed by atoms with Gasteiger partial charge < -0.3 is 24.6 Å². The maximum atomic E-state index is 14.8. The van der Waals surface area contributed by atoms with E-state index in [2.05, 4.69) is 10.3 Å². The summed E-state index contributed by atoms with van der Waals surface area (Å²) >= 11 is 0. The number of carbonyl (C=O) groups excluding carboxylic acids is 2. The van der Waals surface area contributed by atoms with E-state index in [1.54, 1.807) is 34.5 Å². The summed E-state index contributed by atoms with van der Waals surface area (Å²) in [7, 11) is 0. The van der Waals surface area contributed by atoms with Crippen LogP contribution >= 0.6 is 0 Å². The van der Waals surface area contributed by atoms with Gasteiger partial charge in [-0.05, 0) is 61.7 Å². The average Bonchev–Trinajstić information content (AvgIpc) is 3.81. The Hall–Kier alpha value is -5.36. The molecule has 0 saturated carbocycles. The summed E-state index contributed by atoms with van der Waals surface area (Å²) in [5.74, 6) is -0.424. The lowest BCUT2D eigenvalue weighted by Crippen LogP contribution is -2.46. The second-order valence-corrected chi connectivity index (χ2v) is 14.4. The van der Waals surface area contributed by atoms with Crippen molar-refractivity contribution >= 4 is 28.9 Å². The van der Waals surface area contributed by atoms with Gasteiger partial charge in [-0.3, -0.25) is 19.2 Å². The van der Waals surface area contributed by atoms with E-state index < -0.39 is 23.4 Å². The van der Waals surface area contributed by atoms with Gasteiger partial charge in [-0.25, -0.2) is 0 Å². The number of carbonyl (C=O) groups is 2. The first-order valence-electron chi connectivity index (χ1n) is 17.6. The van der Waals surface area contributed by atoms with Crippen molar-refractivity contribution in [2.45, 2.75) is 63.7 Å². The van der Waals surface area contributed by atoms with Crippen LogP contribution in [0.25, 0.3) is 0 Å². The third-order valence-corrected chi connectivity index (χ3v) is 10.7. The van der Waals surface area contributed by atoms with Gasteiger partial charge in [0.1, 0.15) is 17.5 Å². The topological polar surface area (TPSA) is 130 Å². The van der Waals surface area contributed by atoms with E-state index in [9.17, 15) is 19.8 Å². The minimum Gasteiger partial charge on any atom is -0.482 e. The molecule has 0 unspecified atom stereocenters. The number of fused-ring (bicyclic) bond motifs is 3. The highest BCUT2D eigenvalue weighted by Crippen LogP contribution is 2.58. The van der Waals surface area contributed by atoms with Gasteiger partial charge in [-0.1, -0.05) is 84.9 Å². The summed E-state index contributed by atoms with van der Waals surface area (Å²) in [4.78, 5) is 31.1. The Morgan fingerprint density at radius 2 is 1.62 bits per heavy atom. The van der Waals surface area contributed by atoms with Gasteiger partial charge in [0.25, 0.3) is 11.8 Å². The van der Waals surface area contributed by atoms with Crippen molar-refractivity contribution in [3.05, 3.63) is 132 Å². The maximum Gasteiger partial charge on any atom is 0.269 e. The van der Waals surface area contributed by atoms with Gasteiger partial charge in [-0.15, -0.1) is 5.10 Å². The molecule has 11 heteroatoms. The van der Waals surface area contributed by atoms with Crippen molar-refractivity contribution in [2.24, 2.45) is 11.8 Å². The summed E-state index contributed by atoms with van der Waals surface area (Å²) in [6.45, 7) is 6.21. The molecule has 8 rings (SSSR count). The molecule has 3 aliphatic heterocycles. The van der Waals surface area contributed by atoms with E-state index in [-0.39, 0.29) is 30.3 Å². The molecular formula is C41H41N5O6. The van der Waals surface area contributed by atoms with Crippen molar-refractivity contribution in [2.75, 3.05) is 16.4 Å². The zero-order valence-corrected chi connectivity index (χ0v) is 29.3. The van der Waals surface area contributed by atoms with Gasteiger partial charge in [0.05, 0.1) is 35.8 Å². The number of ether oxygens (including phenoxy) is 2. The normalized spacial score (nSPS) is 23.1. The molecule has 2 amide bonds. The number of hydrogen-bond acceptors (Lipinski definition) is 8. The SMILES string of the molecule is C[C@H]1[C@H](C(C)(C)O)[C@@H](CCn2cc([C@H](O)c3ccccc3)nn2)O[C@]12C(=O)N(Cc1ccc(N3C(=O)COc4ccccc43)cc1)c1ccccc12. The number of amides is 2. The number of aryl methyl sites for hydroxylation is 1. The van der Waals surface area contributed by atoms with Crippen LogP contribution in [0.1, 0.15) is 55.7 Å². The number of rotatable bonds is 9. The van der Waals surface area contributed by atoms with Crippen molar-refractivity contribution in [3.8, 4) is 5.75 Å². The number of hydrogen-bond donors (Lipinski definition) is 2. The number of aliphatic hydroxyl groups excluding tert-OH is 1. The molecule has 0 bridgehead atoms. The van der Waals surface area contributed by atoms with Gasteiger partial charge in [0.2, 0.25) is 0 Å². The highest BCUT2D eigenvalue weighted by molar-refractivity contribution is 6.07. The molecule has 1 spiro atoms. The van der Waals surface area contributed by atoms with E-state index in [0.29, 0.717) is 42.3 Å². The number of anilines is 3. The van der Waals surface area contributed by atoms with Crippen LogP contribution in [0.15, 0.2) is 109 Å². The van der Waals surface area contributed by atoms with E-state index in [4.69, 9.17) is 9.47 Å². The van der Waals surface area contributed by atoms with Crippen LogP contribution in [0.4, 0.5) is 17.1 Å². The first kappa shape index (κ1) is 33.8. The van der Waals surface area contributed by atoms with Crippen molar-refractivity contribution in [1.29, 1.82) is 0 Å². The van der Waals surface area contributed by atoms with Crippen LogP contribution < -0.4 is 14.5 Å². The first-order valence-corrected chi connectivity index (χ1v) is 17.6. The number of benzene rings is 4. The molecule has 4 aromatic carbocycles. The Morgan fingerprint density at radius 3 is 2.37 bits per heavy atom. The lowest BCUT2D eigenvalue weighted by Gasteiger charge is -2.34. The minimum absolute atomic E-state index is 0.0397. The molecular weight excluding hydrogens is 658 g/mol. The van der Waals surface area contributed by atoms with E-state index >= 15 is 0 Å². The summed E-state index contributed by atoms with van der Waals surface area (Å²) in [5.41, 5.74) is 2.55. The number of aromatic nitrogens is 3. The van der Waals surface area contributed by atoms with Crippen LogP contribution in [0.3, 0.4) is 0 Å². The third kappa shape index (κ3) is 5.65. The molecule has 266 valence electrons. The maximum absolute atomic E-state index is 14.8. The summed E-state index contributed by atoms with van der Waals surface area (Å²) < 4.78 is 14.2. The third-order valence-electron chi connectivity index (χ3n) is 10.7. The summed E-state index contributed by atoms with van der Waals surface area (Å²) in [5, 5.41) is 30.9. The predicted molar refractivity (Wildman–Crippen MR) is 194 cm³/mol. The largest absolute Gasteiger partial charge is 0.482 e. The second-order valence-electron chi connectivity index (χ2n) is 14.4. The molecule has 5 atom stereocenters. The van der Waals surface area contributed by atoms with Gasteiger partial charge in [-0.2, -0.15) is 0 Å². The fraction of sp³-hybridized carbons (Fsp3) is 0.317. The standard InChI is InChI=1S/C41H41N5O6/c1-26-37(40(2,3)50)35(21-22-44-24-31(42-43-44)38(48)28-11-5-4-6-12-28)52-41(26)30-13-7-8-14-32(30)45(39(41)49)23-27-17-19-29(20-18-27)46-33-15-9-10-16-34(33)51-25-36(46)47/h4-20,24,26,35,37-38,48,50H,21-23,25H2,1-3H3/t26-,35+,37-,38+,41+/m0/s1. The van der Waals surface area contributed by atoms with Crippen LogP contribution in [0, 0.1) is 11.8 Å². The van der Waals surface area contributed by atoms with Crippen LogP contribution in [-0.2, 0) is 33.0 Å². The predicted octanol–water partition coefficient (Wildman–Crippen LogP) is 5.67. The Labute approximate surface area is 302 Å². The quantitative estimate of drug-likeness (QED) is 0.201. The number of nitrogens with zero attached hydrogens (tertiary/aromatic N) is 5. The Kier molecular flexibility index (Phi) is 8.44. The lowest BCUT2D eigenvalue weighted by molar-refractivity contribution is -0.146. The zero-order chi connectivity index (χ0) is 36.2. The van der Waals surface area contributed by atoms with E-state index in [1.165, 1.54) is 0 Å². The van der Waals surface area contributed by atoms with Gasteiger partial charge in [0.15, 0.2) is 12.2 Å². The van der Waals surface area contributed by atoms with Crippen LogP contribution in [0.2, 0.25) is 0 Å². The molecule has 5 aromatic rings. The smallest absolute Gasteiger partial charge is 0.269 e. The van der Waals surface area contributed by atoms with E-state index in [0.717, 1.165) is 22.4 Å². The Balaban J connectivity index is 1.04. The van der Waals surface area contributed by atoms with Gasteiger partial charge >= 0.3 is 0 Å². The molecule has 2 N–H and O–H groups in total. The van der Waals surface area contributed by atoms with Crippen molar-refractivity contribution < 1.29 is 29.3 Å². The van der Waals surface area contributed by atoms with Gasteiger partial charge in [0, 0.05) is 29.6 Å². The lowest BCUT2D eigenvalue weighted by atomic mass is 9.71. The van der Waals surface area contributed by atoms with E-state index in [1.807, 2.05) is 110 Å². The number of aliphatic hydroxyl groups is 2. The molecule has 3 aliphatic rings.